The second kappa shape index (κ2) is 27.4. The van der Waals surface area contributed by atoms with E-state index >= 15 is 0 Å². The van der Waals surface area contributed by atoms with E-state index in [-0.39, 0.29) is 11.0 Å². The van der Waals surface area contributed by atoms with Gasteiger partial charge < -0.3 is 9.47 Å². The Balaban J connectivity index is 0.000000254. The lowest BCUT2D eigenvalue weighted by molar-refractivity contribution is -0.0470. The van der Waals surface area contributed by atoms with E-state index in [1.54, 1.807) is 0 Å². The topological polar surface area (TPSA) is 50.9 Å². The van der Waals surface area contributed by atoms with Crippen molar-refractivity contribution in [3.05, 3.63) is 0 Å². The van der Waals surface area contributed by atoms with Crippen LogP contribution in [-0.2, 0) is 9.47 Å². The van der Waals surface area contributed by atoms with Crippen molar-refractivity contribution < 1.29 is 9.47 Å². The maximum absolute atomic E-state index is 5.77. The maximum atomic E-state index is 5.77. The van der Waals surface area contributed by atoms with Crippen molar-refractivity contribution >= 4 is 0 Å². The van der Waals surface area contributed by atoms with E-state index < -0.39 is 0 Å². The summed E-state index contributed by atoms with van der Waals surface area (Å²) in [5.74, 6) is 0. The first-order chi connectivity index (χ1) is 32.7. The van der Waals surface area contributed by atoms with Gasteiger partial charge >= 0.3 is 0 Å². The highest BCUT2D eigenvalue weighted by molar-refractivity contribution is 4.97. The highest BCUT2D eigenvalue weighted by Gasteiger charge is 2.40. The number of nitrogens with zero attached hydrogens (tertiary/aromatic N) is 10. The number of hydrogen-bond donors (Lipinski definition) is 0. The summed E-state index contributed by atoms with van der Waals surface area (Å²) >= 11 is 0. The molecule has 0 spiro atoms. The summed E-state index contributed by atoms with van der Waals surface area (Å²) in [6.45, 7) is 85.1. The van der Waals surface area contributed by atoms with Crippen LogP contribution in [0.25, 0.3) is 0 Å². The fraction of sp³-hybridized carbons (Fsp3) is 1.00. The second-order valence-corrected chi connectivity index (χ2v) is 31.1. The zero-order chi connectivity index (χ0) is 54.7. The predicted octanol–water partition coefficient (Wildman–Crippen LogP) is 8.70. The molecule has 72 heavy (non-hydrogen) atoms. The molecular formula is C60H126N10O2. The van der Waals surface area contributed by atoms with Gasteiger partial charge in [-0.25, -0.2) is 0 Å². The SMILES string of the molecule is CC(C)(C)CN1CC(N2CCN(C(C)(C)C)CC2)C1.CC(C)(C)COCCN1CCN(C(C)(C)C)CC1.CC(C)(C)N1CCN(C2CN(C(C)(C)C)C2)CC1.CC(C)(C)OCCN1CCN(C(C)(C)C)CC1. The first kappa shape index (κ1) is 65.8. The third-order valence-corrected chi connectivity index (χ3v) is 15.7. The van der Waals surface area contributed by atoms with Crippen LogP contribution in [0.1, 0.15) is 166 Å². The van der Waals surface area contributed by atoms with E-state index in [0.717, 1.165) is 45.0 Å². The van der Waals surface area contributed by atoms with Crippen molar-refractivity contribution in [1.82, 2.24) is 49.0 Å². The third-order valence-electron chi connectivity index (χ3n) is 15.7. The molecule has 12 nitrogen and oxygen atoms in total. The van der Waals surface area contributed by atoms with Gasteiger partial charge in [-0.1, -0.05) is 41.5 Å². The lowest BCUT2D eigenvalue weighted by Gasteiger charge is -2.53. The van der Waals surface area contributed by atoms with Crippen LogP contribution in [-0.4, -0.2) is 265 Å². The van der Waals surface area contributed by atoms with Crippen LogP contribution in [0.2, 0.25) is 0 Å². The van der Waals surface area contributed by atoms with Gasteiger partial charge in [-0.05, 0) is 135 Å². The third kappa shape index (κ3) is 25.3. The number of rotatable bonds is 10. The van der Waals surface area contributed by atoms with Gasteiger partial charge in [0.15, 0.2) is 0 Å². The second-order valence-electron chi connectivity index (χ2n) is 31.1. The molecule has 6 saturated heterocycles. The van der Waals surface area contributed by atoms with E-state index in [4.69, 9.17) is 9.47 Å². The normalized spacial score (nSPS) is 23.3. The Morgan fingerprint density at radius 3 is 0.917 bits per heavy atom. The van der Waals surface area contributed by atoms with Gasteiger partial charge in [0.25, 0.3) is 0 Å². The largest absolute Gasteiger partial charge is 0.380 e. The van der Waals surface area contributed by atoms with Crippen LogP contribution in [0, 0.1) is 10.8 Å². The summed E-state index contributed by atoms with van der Waals surface area (Å²) < 4.78 is 11.5. The molecule has 12 heteroatoms. The van der Waals surface area contributed by atoms with Crippen molar-refractivity contribution in [3.8, 4) is 0 Å². The first-order valence-electron chi connectivity index (χ1n) is 29.3. The Kier molecular flexibility index (Phi) is 25.0. The van der Waals surface area contributed by atoms with E-state index in [1.165, 1.54) is 137 Å². The molecule has 6 fully saturated rings. The Morgan fingerprint density at radius 1 is 0.319 bits per heavy atom. The standard InChI is InChI=1S/C16H33N3.C15H31N3.C15H32N2O.C14H30N2O/c1-15(2,3)13-17-11-14(12-17)18-7-9-19(10-8-18)16(4,5)6;1-14(2,3)17-9-7-16(8-10-17)13-11-18(12-13)15(4,5)6;1-14(2,3)13-18-12-11-16-7-9-17(10-8-16)15(4,5)6;1-13(2,3)16-9-7-15(8-10-16)11-12-17-14(4,5)6/h14H,7-13H2,1-6H3;13H,7-12H2,1-6H3;7-13H2,1-6H3;7-12H2,1-6H3. The van der Waals surface area contributed by atoms with Gasteiger partial charge in [0, 0.05) is 190 Å². The van der Waals surface area contributed by atoms with Crippen molar-refractivity contribution in [2.75, 3.05) is 170 Å². The first-order valence-corrected chi connectivity index (χ1v) is 29.3. The number of ether oxygens (including phenoxy) is 2. The molecule has 0 aliphatic carbocycles. The molecule has 0 aromatic rings. The summed E-state index contributed by atoms with van der Waals surface area (Å²) in [6.07, 6.45) is 0. The van der Waals surface area contributed by atoms with Crippen molar-refractivity contribution in [2.24, 2.45) is 10.8 Å². The van der Waals surface area contributed by atoms with Gasteiger partial charge in [-0.2, -0.15) is 0 Å². The van der Waals surface area contributed by atoms with E-state index in [9.17, 15) is 0 Å². The lowest BCUT2D eigenvalue weighted by atomic mass is 9.93. The lowest BCUT2D eigenvalue weighted by Crippen LogP contribution is -2.67. The predicted molar refractivity (Wildman–Crippen MR) is 312 cm³/mol. The molecule has 6 aliphatic rings. The van der Waals surface area contributed by atoms with Gasteiger partial charge in [-0.15, -0.1) is 0 Å². The highest BCUT2D eigenvalue weighted by Crippen LogP contribution is 2.27. The fourth-order valence-electron chi connectivity index (χ4n) is 10.7. The van der Waals surface area contributed by atoms with Crippen LogP contribution >= 0.6 is 0 Å². The summed E-state index contributed by atoms with van der Waals surface area (Å²) in [6, 6.07) is 1.64. The van der Waals surface area contributed by atoms with Crippen LogP contribution < -0.4 is 0 Å². The molecule has 6 heterocycles. The van der Waals surface area contributed by atoms with Crippen molar-refractivity contribution in [2.45, 2.75) is 212 Å². The van der Waals surface area contributed by atoms with E-state index in [0.29, 0.717) is 33.1 Å². The molecule has 0 bridgehead atoms. The molecule has 6 aliphatic heterocycles. The zero-order valence-corrected chi connectivity index (χ0v) is 52.8. The van der Waals surface area contributed by atoms with Gasteiger partial charge in [0.05, 0.1) is 25.4 Å². The van der Waals surface area contributed by atoms with Crippen LogP contribution in [0.4, 0.5) is 0 Å². The van der Waals surface area contributed by atoms with Crippen molar-refractivity contribution in [3.63, 3.8) is 0 Å². The quantitative estimate of drug-likeness (QED) is 0.197. The van der Waals surface area contributed by atoms with Gasteiger partial charge in [-0.3, -0.25) is 49.0 Å². The fourth-order valence-corrected chi connectivity index (χ4v) is 10.7. The van der Waals surface area contributed by atoms with E-state index in [2.05, 4.69) is 215 Å². The smallest absolute Gasteiger partial charge is 0.0600 e. The Hall–Kier alpha value is -0.480. The Morgan fingerprint density at radius 2 is 0.625 bits per heavy atom. The Bertz CT molecular complexity index is 1460. The molecule has 0 aromatic carbocycles. The van der Waals surface area contributed by atoms with Gasteiger partial charge in [0.2, 0.25) is 0 Å². The minimum Gasteiger partial charge on any atom is -0.380 e. The van der Waals surface area contributed by atoms with E-state index in [1.807, 2.05) is 0 Å². The average molecular weight is 1020 g/mol. The Labute approximate surface area is 449 Å². The average Bonchev–Trinajstić information content (AvgIpc) is 3.19. The molecule has 0 radical (unpaired) electrons. The summed E-state index contributed by atoms with van der Waals surface area (Å²) in [5.41, 5.74) is 2.37. The van der Waals surface area contributed by atoms with Crippen LogP contribution in [0.3, 0.4) is 0 Å². The summed E-state index contributed by atoms with van der Waals surface area (Å²) in [7, 11) is 0. The molecule has 6 rings (SSSR count). The number of likely N-dealkylation sites (tertiary alicyclic amines) is 2. The molecule has 0 aromatic heterocycles. The van der Waals surface area contributed by atoms with Gasteiger partial charge in [0.1, 0.15) is 0 Å². The number of piperazine rings is 4. The minimum absolute atomic E-state index is 0.00671. The van der Waals surface area contributed by atoms with Crippen LogP contribution in [0.5, 0.6) is 0 Å². The number of hydrogen-bond acceptors (Lipinski definition) is 12. The van der Waals surface area contributed by atoms with Crippen LogP contribution in [0.15, 0.2) is 0 Å². The zero-order valence-electron chi connectivity index (χ0n) is 52.8. The molecule has 0 N–H and O–H groups in total. The molecule has 428 valence electrons. The summed E-state index contributed by atoms with van der Waals surface area (Å²) in [4.78, 5) is 26.0. The monoisotopic (exact) mass is 1020 g/mol. The minimum atomic E-state index is -0.00671. The molecule has 0 amide bonds. The molecule has 0 unspecified atom stereocenters. The highest BCUT2D eigenvalue weighted by atomic mass is 16.5. The molecular weight excluding hydrogens is 893 g/mol. The summed E-state index contributed by atoms with van der Waals surface area (Å²) in [5, 5.41) is 0. The maximum Gasteiger partial charge on any atom is 0.0600 e. The molecule has 0 saturated carbocycles. The molecule has 0 atom stereocenters. The van der Waals surface area contributed by atoms with Crippen molar-refractivity contribution in [1.29, 1.82) is 0 Å².